The molecule has 0 radical (unpaired) electrons. The molecule has 86 valence electrons. The van der Waals surface area contributed by atoms with E-state index in [1.165, 1.54) is 18.2 Å². The van der Waals surface area contributed by atoms with Crippen LogP contribution in [0.15, 0.2) is 18.2 Å². The van der Waals surface area contributed by atoms with Crippen molar-refractivity contribution >= 4 is 23.5 Å². The summed E-state index contributed by atoms with van der Waals surface area (Å²) in [4.78, 5) is 22.1. The molecule has 0 spiro atoms. The quantitative estimate of drug-likeness (QED) is 0.822. The molecular formula is C11H11ClO4. The van der Waals surface area contributed by atoms with E-state index in [9.17, 15) is 9.59 Å². The molecule has 0 bridgehead atoms. The lowest BCUT2D eigenvalue weighted by molar-refractivity contribution is -0.136. The van der Waals surface area contributed by atoms with Gasteiger partial charge >= 0.3 is 11.9 Å². The first-order valence-corrected chi connectivity index (χ1v) is 5.09. The van der Waals surface area contributed by atoms with Gasteiger partial charge in [-0.2, -0.15) is 0 Å². The SMILES string of the molecule is CCOC(=O)c1ccc(Cl)cc1CC(=O)O. The highest BCUT2D eigenvalue weighted by molar-refractivity contribution is 6.30. The third kappa shape index (κ3) is 3.24. The number of aliphatic carboxylic acids is 1. The lowest BCUT2D eigenvalue weighted by Gasteiger charge is -2.07. The highest BCUT2D eigenvalue weighted by atomic mass is 35.5. The number of hydrogen-bond donors (Lipinski definition) is 1. The summed E-state index contributed by atoms with van der Waals surface area (Å²) in [5.41, 5.74) is 0.604. The first kappa shape index (κ1) is 12.5. The maximum atomic E-state index is 11.5. The van der Waals surface area contributed by atoms with E-state index < -0.39 is 11.9 Å². The van der Waals surface area contributed by atoms with Gasteiger partial charge in [0.15, 0.2) is 0 Å². The van der Waals surface area contributed by atoms with Gasteiger partial charge in [0.25, 0.3) is 0 Å². The van der Waals surface area contributed by atoms with Crippen LogP contribution >= 0.6 is 11.6 Å². The van der Waals surface area contributed by atoms with Crippen LogP contribution in [0.3, 0.4) is 0 Å². The molecule has 0 atom stereocenters. The lowest BCUT2D eigenvalue weighted by atomic mass is 10.0. The molecule has 0 unspecified atom stereocenters. The Hall–Kier alpha value is -1.55. The van der Waals surface area contributed by atoms with Crippen molar-refractivity contribution in [3.05, 3.63) is 34.3 Å². The topological polar surface area (TPSA) is 63.6 Å². The molecule has 0 amide bonds. The van der Waals surface area contributed by atoms with E-state index in [4.69, 9.17) is 21.4 Å². The van der Waals surface area contributed by atoms with E-state index in [-0.39, 0.29) is 18.6 Å². The summed E-state index contributed by atoms with van der Waals surface area (Å²) in [6, 6.07) is 4.46. The molecule has 16 heavy (non-hydrogen) atoms. The highest BCUT2D eigenvalue weighted by Gasteiger charge is 2.14. The Morgan fingerprint density at radius 3 is 2.69 bits per heavy atom. The van der Waals surface area contributed by atoms with Crippen LogP contribution in [-0.4, -0.2) is 23.7 Å². The third-order valence-corrected chi connectivity index (χ3v) is 2.14. The van der Waals surface area contributed by atoms with Crippen LogP contribution < -0.4 is 0 Å². The summed E-state index contributed by atoms with van der Waals surface area (Å²) in [6.45, 7) is 1.93. The molecule has 0 saturated carbocycles. The summed E-state index contributed by atoms with van der Waals surface area (Å²) in [5, 5.41) is 9.09. The van der Waals surface area contributed by atoms with Gasteiger partial charge in [0.1, 0.15) is 0 Å². The average Bonchev–Trinajstić information content (AvgIpc) is 2.16. The Labute approximate surface area is 97.8 Å². The van der Waals surface area contributed by atoms with E-state index in [0.29, 0.717) is 10.6 Å². The van der Waals surface area contributed by atoms with Crippen LogP contribution in [0.5, 0.6) is 0 Å². The van der Waals surface area contributed by atoms with Crippen LogP contribution in [0.4, 0.5) is 0 Å². The molecule has 1 aromatic rings. The normalized spacial score (nSPS) is 9.88. The number of hydrogen-bond acceptors (Lipinski definition) is 3. The van der Waals surface area contributed by atoms with Crippen molar-refractivity contribution in [2.24, 2.45) is 0 Å². The molecule has 1 rings (SSSR count). The number of benzene rings is 1. The Bertz CT molecular complexity index is 414. The van der Waals surface area contributed by atoms with Crippen LogP contribution in [0.1, 0.15) is 22.8 Å². The Morgan fingerprint density at radius 2 is 2.12 bits per heavy atom. The van der Waals surface area contributed by atoms with Gasteiger partial charge in [-0.1, -0.05) is 11.6 Å². The maximum Gasteiger partial charge on any atom is 0.338 e. The molecule has 0 aliphatic rings. The molecule has 0 saturated heterocycles. The lowest BCUT2D eigenvalue weighted by Crippen LogP contribution is -2.11. The highest BCUT2D eigenvalue weighted by Crippen LogP contribution is 2.17. The standard InChI is InChI=1S/C11H11ClO4/c1-2-16-11(15)9-4-3-8(12)5-7(9)6-10(13)14/h3-5H,2,6H2,1H3,(H,13,14). The summed E-state index contributed by atoms with van der Waals surface area (Å²) in [6.07, 6.45) is -0.255. The number of carbonyl (C=O) groups is 2. The van der Waals surface area contributed by atoms with Crippen molar-refractivity contribution in [2.45, 2.75) is 13.3 Å². The smallest absolute Gasteiger partial charge is 0.338 e. The number of carboxylic acids is 1. The van der Waals surface area contributed by atoms with Gasteiger partial charge in [0.05, 0.1) is 18.6 Å². The van der Waals surface area contributed by atoms with Gasteiger partial charge in [-0.25, -0.2) is 4.79 Å². The van der Waals surface area contributed by atoms with E-state index in [0.717, 1.165) is 0 Å². The maximum absolute atomic E-state index is 11.5. The fraction of sp³-hybridized carbons (Fsp3) is 0.273. The van der Waals surface area contributed by atoms with Crippen LogP contribution in [-0.2, 0) is 16.0 Å². The number of halogens is 1. The van der Waals surface area contributed by atoms with Crippen LogP contribution in [0.25, 0.3) is 0 Å². The van der Waals surface area contributed by atoms with Crippen molar-refractivity contribution in [3.63, 3.8) is 0 Å². The predicted octanol–water partition coefficient (Wildman–Crippen LogP) is 2.14. The van der Waals surface area contributed by atoms with Gasteiger partial charge in [-0.3, -0.25) is 4.79 Å². The average molecular weight is 243 g/mol. The molecule has 0 aliphatic carbocycles. The largest absolute Gasteiger partial charge is 0.481 e. The number of ether oxygens (including phenoxy) is 1. The van der Waals surface area contributed by atoms with E-state index in [1.54, 1.807) is 6.92 Å². The Balaban J connectivity index is 3.06. The minimum Gasteiger partial charge on any atom is -0.481 e. The van der Waals surface area contributed by atoms with Gasteiger partial charge in [-0.15, -0.1) is 0 Å². The van der Waals surface area contributed by atoms with Crippen molar-refractivity contribution in [1.29, 1.82) is 0 Å². The van der Waals surface area contributed by atoms with Crippen molar-refractivity contribution in [1.82, 2.24) is 0 Å². The second-order valence-electron chi connectivity index (χ2n) is 3.09. The first-order chi connectivity index (χ1) is 7.54. The Morgan fingerprint density at radius 1 is 1.44 bits per heavy atom. The molecule has 0 heterocycles. The predicted molar refractivity (Wildman–Crippen MR) is 58.7 cm³/mol. The summed E-state index contributed by atoms with van der Waals surface area (Å²) in [7, 11) is 0. The fourth-order valence-corrected chi connectivity index (χ4v) is 1.47. The van der Waals surface area contributed by atoms with E-state index in [2.05, 4.69) is 0 Å². The second kappa shape index (κ2) is 5.51. The zero-order chi connectivity index (χ0) is 12.1. The summed E-state index contributed by atoms with van der Waals surface area (Å²) >= 11 is 5.74. The van der Waals surface area contributed by atoms with E-state index in [1.807, 2.05) is 0 Å². The van der Waals surface area contributed by atoms with E-state index >= 15 is 0 Å². The minimum absolute atomic E-state index is 0.244. The van der Waals surface area contributed by atoms with Gasteiger partial charge in [0, 0.05) is 5.02 Å². The third-order valence-electron chi connectivity index (χ3n) is 1.90. The molecule has 0 aromatic heterocycles. The van der Waals surface area contributed by atoms with Gasteiger partial charge in [0.2, 0.25) is 0 Å². The number of rotatable bonds is 4. The monoisotopic (exact) mass is 242 g/mol. The minimum atomic E-state index is -1.02. The zero-order valence-corrected chi connectivity index (χ0v) is 9.45. The fourth-order valence-electron chi connectivity index (χ4n) is 1.28. The molecule has 4 nitrogen and oxygen atoms in total. The van der Waals surface area contributed by atoms with Gasteiger partial charge in [-0.05, 0) is 30.7 Å². The number of carbonyl (C=O) groups excluding carboxylic acids is 1. The zero-order valence-electron chi connectivity index (χ0n) is 8.70. The Kier molecular flexibility index (Phi) is 4.31. The van der Waals surface area contributed by atoms with Crippen molar-refractivity contribution in [2.75, 3.05) is 6.61 Å². The summed E-state index contributed by atoms with van der Waals surface area (Å²) < 4.78 is 4.82. The van der Waals surface area contributed by atoms with Crippen molar-refractivity contribution < 1.29 is 19.4 Å². The van der Waals surface area contributed by atoms with Crippen molar-refractivity contribution in [3.8, 4) is 0 Å². The molecule has 1 N–H and O–H groups in total. The molecule has 0 aliphatic heterocycles. The summed E-state index contributed by atoms with van der Waals surface area (Å²) in [5.74, 6) is -1.55. The number of esters is 1. The van der Waals surface area contributed by atoms with Crippen LogP contribution in [0.2, 0.25) is 5.02 Å². The van der Waals surface area contributed by atoms with Gasteiger partial charge < -0.3 is 9.84 Å². The molecular weight excluding hydrogens is 232 g/mol. The first-order valence-electron chi connectivity index (χ1n) is 4.72. The van der Waals surface area contributed by atoms with Crippen LogP contribution in [0, 0.1) is 0 Å². The second-order valence-corrected chi connectivity index (χ2v) is 3.53. The number of carboxylic acid groups (broad SMARTS) is 1. The molecule has 5 heteroatoms. The molecule has 1 aromatic carbocycles. The molecule has 0 fully saturated rings.